The highest BCUT2D eigenvalue weighted by Crippen LogP contribution is 2.34. The van der Waals surface area contributed by atoms with Gasteiger partial charge < -0.3 is 9.64 Å². The van der Waals surface area contributed by atoms with Gasteiger partial charge in [-0.2, -0.15) is 9.29 Å². The second-order valence-electron chi connectivity index (χ2n) is 7.95. The van der Waals surface area contributed by atoms with Crippen LogP contribution in [-0.2, 0) is 21.3 Å². The van der Waals surface area contributed by atoms with Gasteiger partial charge >= 0.3 is 0 Å². The SMILES string of the molecule is O=S(=O)(c1ccccc1F)N1CCN(Cc2cc3nc(Cl)nc(N4CCOCC4)c3s2)CC1. The van der Waals surface area contributed by atoms with Gasteiger partial charge in [-0.3, -0.25) is 4.90 Å². The molecular weight excluding hydrogens is 489 g/mol. The number of hydrogen-bond acceptors (Lipinski definition) is 8. The average molecular weight is 512 g/mol. The third kappa shape index (κ3) is 4.71. The summed E-state index contributed by atoms with van der Waals surface area (Å²) < 4.78 is 47.5. The Morgan fingerprint density at radius 1 is 1.06 bits per heavy atom. The second-order valence-corrected chi connectivity index (χ2v) is 11.3. The third-order valence-corrected chi connectivity index (χ3v) is 9.06. The normalized spacial score (nSPS) is 18.8. The zero-order valence-corrected chi connectivity index (χ0v) is 20.2. The highest BCUT2D eigenvalue weighted by atomic mass is 35.5. The first kappa shape index (κ1) is 22.9. The van der Waals surface area contributed by atoms with Crippen LogP contribution in [-0.4, -0.2) is 80.1 Å². The van der Waals surface area contributed by atoms with Gasteiger partial charge in [0.05, 0.1) is 23.4 Å². The van der Waals surface area contributed by atoms with Gasteiger partial charge in [0, 0.05) is 50.7 Å². The van der Waals surface area contributed by atoms with Crippen LogP contribution < -0.4 is 4.90 Å². The van der Waals surface area contributed by atoms with E-state index in [-0.39, 0.29) is 10.2 Å². The Kier molecular flexibility index (Phi) is 6.51. The summed E-state index contributed by atoms with van der Waals surface area (Å²) in [5.41, 5.74) is 0.817. The molecule has 0 saturated carbocycles. The minimum absolute atomic E-state index is 0.223. The average Bonchev–Trinajstić information content (AvgIpc) is 3.21. The summed E-state index contributed by atoms with van der Waals surface area (Å²) in [7, 11) is -3.85. The Morgan fingerprint density at radius 3 is 2.52 bits per heavy atom. The van der Waals surface area contributed by atoms with Crippen LogP contribution in [0.1, 0.15) is 4.88 Å². The van der Waals surface area contributed by atoms with Crippen molar-refractivity contribution in [1.82, 2.24) is 19.2 Å². The zero-order chi connectivity index (χ0) is 23.0. The highest BCUT2D eigenvalue weighted by Gasteiger charge is 2.30. The monoisotopic (exact) mass is 511 g/mol. The quantitative estimate of drug-likeness (QED) is 0.487. The van der Waals surface area contributed by atoms with Gasteiger partial charge in [0.25, 0.3) is 0 Å². The van der Waals surface area contributed by atoms with Crippen LogP contribution >= 0.6 is 22.9 Å². The predicted molar refractivity (Wildman–Crippen MR) is 126 cm³/mol. The number of ether oxygens (including phenoxy) is 1. The Hall–Kier alpha value is -1.89. The Balaban J connectivity index is 1.29. The topological polar surface area (TPSA) is 78.9 Å². The first-order valence-corrected chi connectivity index (χ1v) is 13.3. The third-order valence-electron chi connectivity index (χ3n) is 5.85. The van der Waals surface area contributed by atoms with Gasteiger partial charge in [-0.25, -0.2) is 17.8 Å². The fourth-order valence-electron chi connectivity index (χ4n) is 4.15. The van der Waals surface area contributed by atoms with Crippen LogP contribution in [0.2, 0.25) is 5.28 Å². The van der Waals surface area contributed by atoms with E-state index < -0.39 is 15.8 Å². The number of aromatic nitrogens is 2. The molecule has 0 unspecified atom stereocenters. The number of rotatable bonds is 5. The Morgan fingerprint density at radius 2 is 1.79 bits per heavy atom. The fourth-order valence-corrected chi connectivity index (χ4v) is 6.96. The van der Waals surface area contributed by atoms with Crippen LogP contribution in [0.15, 0.2) is 35.2 Å². The summed E-state index contributed by atoms with van der Waals surface area (Å²) in [6.07, 6.45) is 0. The molecule has 3 aromatic rings. The molecule has 5 rings (SSSR count). The summed E-state index contributed by atoms with van der Waals surface area (Å²) in [6.45, 7) is 5.24. The first-order chi connectivity index (χ1) is 15.9. The summed E-state index contributed by atoms with van der Waals surface area (Å²) in [5, 5.41) is 0.223. The van der Waals surface area contributed by atoms with Gasteiger partial charge in [-0.15, -0.1) is 11.3 Å². The summed E-state index contributed by atoms with van der Waals surface area (Å²) in [6, 6.07) is 7.53. The van der Waals surface area contributed by atoms with E-state index in [0.29, 0.717) is 45.9 Å². The molecule has 0 aliphatic carbocycles. The van der Waals surface area contributed by atoms with Crippen molar-refractivity contribution < 1.29 is 17.5 Å². The number of anilines is 1. The maximum atomic E-state index is 14.1. The van der Waals surface area contributed by atoms with Crippen molar-refractivity contribution in [3.63, 3.8) is 0 Å². The molecule has 176 valence electrons. The van der Waals surface area contributed by atoms with Gasteiger partial charge in [0.15, 0.2) is 5.82 Å². The minimum Gasteiger partial charge on any atom is -0.378 e. The number of sulfonamides is 1. The van der Waals surface area contributed by atoms with Crippen LogP contribution in [0.5, 0.6) is 0 Å². The van der Waals surface area contributed by atoms with Crippen molar-refractivity contribution in [3.8, 4) is 0 Å². The van der Waals surface area contributed by atoms with E-state index >= 15 is 0 Å². The molecule has 2 aromatic heterocycles. The van der Waals surface area contributed by atoms with Crippen LogP contribution in [0.3, 0.4) is 0 Å². The number of fused-ring (bicyclic) bond motifs is 1. The molecule has 2 fully saturated rings. The van der Waals surface area contributed by atoms with Gasteiger partial charge in [0.1, 0.15) is 10.7 Å². The molecule has 8 nitrogen and oxygen atoms in total. The molecule has 1 aromatic carbocycles. The maximum absolute atomic E-state index is 14.1. The van der Waals surface area contributed by atoms with Crippen molar-refractivity contribution in [2.75, 3.05) is 57.4 Å². The van der Waals surface area contributed by atoms with Crippen LogP contribution in [0, 0.1) is 5.82 Å². The highest BCUT2D eigenvalue weighted by molar-refractivity contribution is 7.89. The van der Waals surface area contributed by atoms with E-state index in [1.165, 1.54) is 28.6 Å². The Labute approximate surface area is 200 Å². The molecule has 4 heterocycles. The van der Waals surface area contributed by atoms with E-state index in [2.05, 4.69) is 19.8 Å². The molecule has 12 heteroatoms. The molecule has 2 saturated heterocycles. The van der Waals surface area contributed by atoms with Crippen molar-refractivity contribution in [3.05, 3.63) is 46.3 Å². The Bertz CT molecular complexity index is 1260. The molecule has 0 amide bonds. The number of nitrogens with zero attached hydrogens (tertiary/aromatic N) is 5. The molecule has 0 spiro atoms. The number of hydrogen-bond donors (Lipinski definition) is 0. The minimum atomic E-state index is -3.85. The molecule has 0 bridgehead atoms. The smallest absolute Gasteiger partial charge is 0.246 e. The number of thiophene rings is 1. The fraction of sp³-hybridized carbons (Fsp3) is 0.429. The lowest BCUT2D eigenvalue weighted by Crippen LogP contribution is -2.48. The van der Waals surface area contributed by atoms with Gasteiger partial charge in [-0.05, 0) is 29.8 Å². The van der Waals surface area contributed by atoms with Crippen molar-refractivity contribution in [1.29, 1.82) is 0 Å². The molecule has 0 atom stereocenters. The largest absolute Gasteiger partial charge is 0.378 e. The molecular formula is C21H23ClFN5O3S2. The zero-order valence-electron chi connectivity index (χ0n) is 17.8. The van der Waals surface area contributed by atoms with E-state index in [9.17, 15) is 12.8 Å². The lowest BCUT2D eigenvalue weighted by molar-refractivity contribution is 0.122. The van der Waals surface area contributed by atoms with Gasteiger partial charge in [0.2, 0.25) is 15.3 Å². The molecule has 33 heavy (non-hydrogen) atoms. The first-order valence-electron chi connectivity index (χ1n) is 10.7. The van der Waals surface area contributed by atoms with Crippen LogP contribution in [0.4, 0.5) is 10.2 Å². The van der Waals surface area contributed by atoms with Crippen molar-refractivity contribution >= 4 is 49.0 Å². The maximum Gasteiger partial charge on any atom is 0.246 e. The van der Waals surface area contributed by atoms with E-state index in [0.717, 1.165) is 34.0 Å². The second kappa shape index (κ2) is 9.40. The summed E-state index contributed by atoms with van der Waals surface area (Å²) in [4.78, 5) is 14.1. The summed E-state index contributed by atoms with van der Waals surface area (Å²) in [5.74, 6) is 0.117. The van der Waals surface area contributed by atoms with E-state index in [4.69, 9.17) is 16.3 Å². The van der Waals surface area contributed by atoms with Crippen LogP contribution in [0.25, 0.3) is 10.2 Å². The number of halogens is 2. The van der Waals surface area contributed by atoms with Crippen molar-refractivity contribution in [2.24, 2.45) is 0 Å². The molecule has 0 radical (unpaired) electrons. The number of benzene rings is 1. The van der Waals surface area contributed by atoms with Crippen molar-refractivity contribution in [2.45, 2.75) is 11.4 Å². The number of piperazine rings is 1. The van der Waals surface area contributed by atoms with Gasteiger partial charge in [-0.1, -0.05) is 12.1 Å². The lowest BCUT2D eigenvalue weighted by Gasteiger charge is -2.33. The van der Waals surface area contributed by atoms with E-state index in [1.54, 1.807) is 11.3 Å². The molecule has 2 aliphatic rings. The number of morpholine rings is 1. The molecule has 2 aliphatic heterocycles. The lowest BCUT2D eigenvalue weighted by atomic mass is 10.3. The molecule has 0 N–H and O–H groups in total. The summed E-state index contributed by atoms with van der Waals surface area (Å²) >= 11 is 7.83. The standard InChI is InChI=1S/C21H23ClFN5O3S2/c22-21-24-17-13-15(32-19(17)20(25-21)27-9-11-31-12-10-27)14-26-5-7-28(8-6-26)33(29,30)18-4-2-1-3-16(18)23/h1-4,13H,5-12,14H2. The van der Waals surface area contributed by atoms with E-state index in [1.807, 2.05) is 6.07 Å². The predicted octanol–water partition coefficient (Wildman–Crippen LogP) is 2.83.